The normalized spacial score (nSPS) is 16.9. The molecule has 0 saturated carbocycles. The number of likely N-dealkylation sites (tertiary alicyclic amines) is 1. The summed E-state index contributed by atoms with van der Waals surface area (Å²) in [6, 6.07) is 7.71. The van der Waals surface area contributed by atoms with Crippen molar-refractivity contribution in [2.24, 2.45) is 0 Å². The largest absolute Gasteiger partial charge is 0.493 e. The Morgan fingerprint density at radius 2 is 1.55 bits per heavy atom. The zero-order valence-corrected chi connectivity index (χ0v) is 17.3. The van der Waals surface area contributed by atoms with Crippen LogP contribution in [0.15, 0.2) is 42.1 Å². The Balaban J connectivity index is 1.86. The molecule has 0 aromatic heterocycles. The van der Waals surface area contributed by atoms with E-state index in [1.165, 1.54) is 14.2 Å². The van der Waals surface area contributed by atoms with Crippen LogP contribution in [-0.4, -0.2) is 44.0 Å². The van der Waals surface area contributed by atoms with Gasteiger partial charge in [0.1, 0.15) is 17.3 Å². The van der Waals surface area contributed by atoms with Crippen molar-refractivity contribution in [3.05, 3.63) is 59.3 Å². The Morgan fingerprint density at radius 1 is 0.839 bits per heavy atom. The summed E-state index contributed by atoms with van der Waals surface area (Å²) in [4.78, 5) is 29.5. The molecule has 2 aromatic carbocycles. The van der Waals surface area contributed by atoms with Gasteiger partial charge in [0.2, 0.25) is 0 Å². The molecule has 0 radical (unpaired) electrons. The molecule has 0 spiro atoms. The van der Waals surface area contributed by atoms with Crippen LogP contribution in [0.5, 0.6) is 11.5 Å². The minimum absolute atomic E-state index is 0.163. The van der Waals surface area contributed by atoms with Gasteiger partial charge in [-0.2, -0.15) is 0 Å². The third kappa shape index (κ3) is 3.62. The number of carbonyl (C=O) groups is 2. The summed E-state index contributed by atoms with van der Waals surface area (Å²) in [6.07, 6.45) is 2.80. The number of hydrogen-bond acceptors (Lipinski definition) is 5. The number of amides is 2. The van der Waals surface area contributed by atoms with Crippen molar-refractivity contribution in [3.63, 3.8) is 0 Å². The molecule has 8 heteroatoms. The topological polar surface area (TPSA) is 59.1 Å². The zero-order valence-electron chi connectivity index (χ0n) is 17.3. The molecule has 0 N–H and O–H groups in total. The first-order valence-corrected chi connectivity index (χ1v) is 10.0. The molecule has 2 aliphatic heterocycles. The number of halogens is 2. The quantitative estimate of drug-likeness (QED) is 0.679. The van der Waals surface area contributed by atoms with Gasteiger partial charge in [-0.15, -0.1) is 0 Å². The standard InChI is InChI=1S/C23H22F2N2O4/c1-30-18-9-6-14(12-19(18)31-2)20-21(26-10-4-3-5-11-26)23(29)27(22(20)28)17-8-7-15(24)13-16(17)25/h6-9,12-13H,3-5,10-11H2,1-2H3. The highest BCUT2D eigenvalue weighted by Gasteiger charge is 2.43. The summed E-state index contributed by atoms with van der Waals surface area (Å²) in [7, 11) is 2.97. The molecule has 2 amide bonds. The Hall–Kier alpha value is -3.42. The SMILES string of the molecule is COc1ccc(C2=C(N3CCCCC3)C(=O)N(c3ccc(F)cc3F)C2=O)cc1OC. The van der Waals surface area contributed by atoms with Crippen LogP contribution in [0.3, 0.4) is 0 Å². The van der Waals surface area contributed by atoms with Crippen LogP contribution < -0.4 is 14.4 Å². The maximum absolute atomic E-state index is 14.5. The van der Waals surface area contributed by atoms with Crippen molar-refractivity contribution in [2.75, 3.05) is 32.2 Å². The lowest BCUT2D eigenvalue weighted by atomic mass is 10.0. The van der Waals surface area contributed by atoms with Gasteiger partial charge in [0.05, 0.1) is 25.5 Å². The van der Waals surface area contributed by atoms with Gasteiger partial charge in [0.15, 0.2) is 11.5 Å². The Kier molecular flexibility index (Phi) is 5.63. The third-order valence-corrected chi connectivity index (χ3v) is 5.55. The van der Waals surface area contributed by atoms with E-state index in [1.807, 2.05) is 4.90 Å². The van der Waals surface area contributed by atoms with Crippen molar-refractivity contribution in [3.8, 4) is 11.5 Å². The molecule has 0 aliphatic carbocycles. The summed E-state index contributed by atoms with van der Waals surface area (Å²) in [5, 5.41) is 0. The predicted molar refractivity (Wildman–Crippen MR) is 111 cm³/mol. The average molecular weight is 428 g/mol. The second kappa shape index (κ2) is 8.37. The maximum Gasteiger partial charge on any atom is 0.282 e. The number of imide groups is 1. The van der Waals surface area contributed by atoms with E-state index < -0.39 is 23.4 Å². The number of anilines is 1. The number of ether oxygens (including phenoxy) is 2. The minimum Gasteiger partial charge on any atom is -0.493 e. The second-order valence-electron chi connectivity index (χ2n) is 7.38. The number of rotatable bonds is 5. The molecule has 0 unspecified atom stereocenters. The molecule has 1 fully saturated rings. The number of hydrogen-bond donors (Lipinski definition) is 0. The van der Waals surface area contributed by atoms with Crippen LogP contribution in [0.25, 0.3) is 5.57 Å². The lowest BCUT2D eigenvalue weighted by molar-refractivity contribution is -0.120. The van der Waals surface area contributed by atoms with Crippen molar-refractivity contribution in [1.82, 2.24) is 4.90 Å². The Bertz CT molecular complexity index is 1080. The number of benzene rings is 2. The predicted octanol–water partition coefficient (Wildman–Crippen LogP) is 3.75. The molecule has 1 saturated heterocycles. The first-order valence-electron chi connectivity index (χ1n) is 10.0. The first kappa shape index (κ1) is 20.8. The highest BCUT2D eigenvalue weighted by Crippen LogP contribution is 2.39. The van der Waals surface area contributed by atoms with E-state index in [1.54, 1.807) is 18.2 Å². The molecule has 162 valence electrons. The van der Waals surface area contributed by atoms with E-state index in [0.717, 1.165) is 36.3 Å². The van der Waals surface area contributed by atoms with Gasteiger partial charge in [0, 0.05) is 19.2 Å². The second-order valence-corrected chi connectivity index (χ2v) is 7.38. The van der Waals surface area contributed by atoms with Crippen LogP contribution >= 0.6 is 0 Å². The molecule has 2 heterocycles. The molecule has 6 nitrogen and oxygen atoms in total. The summed E-state index contributed by atoms with van der Waals surface area (Å²) in [5.74, 6) is -2.18. The van der Waals surface area contributed by atoms with Crippen molar-refractivity contribution in [2.45, 2.75) is 19.3 Å². The lowest BCUT2D eigenvalue weighted by Crippen LogP contribution is -2.37. The lowest BCUT2D eigenvalue weighted by Gasteiger charge is -2.29. The highest BCUT2D eigenvalue weighted by molar-refractivity contribution is 6.45. The van der Waals surface area contributed by atoms with Crippen LogP contribution in [0.1, 0.15) is 24.8 Å². The summed E-state index contributed by atoms with van der Waals surface area (Å²) < 4.78 is 38.5. The Labute approximate surface area is 178 Å². The van der Waals surface area contributed by atoms with E-state index in [4.69, 9.17) is 9.47 Å². The van der Waals surface area contributed by atoms with Crippen LogP contribution in [0.2, 0.25) is 0 Å². The molecule has 0 atom stereocenters. The van der Waals surface area contributed by atoms with Crippen molar-refractivity contribution >= 4 is 23.1 Å². The maximum atomic E-state index is 14.5. The fourth-order valence-electron chi connectivity index (χ4n) is 4.06. The zero-order chi connectivity index (χ0) is 22.1. The number of carbonyl (C=O) groups excluding carboxylic acids is 2. The molecular weight excluding hydrogens is 406 g/mol. The first-order chi connectivity index (χ1) is 15.0. The fraction of sp³-hybridized carbons (Fsp3) is 0.304. The number of piperidine rings is 1. The van der Waals surface area contributed by atoms with E-state index in [0.29, 0.717) is 36.2 Å². The number of methoxy groups -OCH3 is 2. The molecule has 31 heavy (non-hydrogen) atoms. The highest BCUT2D eigenvalue weighted by atomic mass is 19.1. The van der Waals surface area contributed by atoms with Gasteiger partial charge in [-0.3, -0.25) is 9.59 Å². The summed E-state index contributed by atoms with van der Waals surface area (Å²) in [5.41, 5.74) is 0.570. The molecule has 2 aliphatic rings. The van der Waals surface area contributed by atoms with E-state index in [2.05, 4.69) is 0 Å². The van der Waals surface area contributed by atoms with Crippen LogP contribution in [-0.2, 0) is 9.59 Å². The monoisotopic (exact) mass is 428 g/mol. The smallest absolute Gasteiger partial charge is 0.282 e. The minimum atomic E-state index is -0.978. The van der Waals surface area contributed by atoms with Crippen molar-refractivity contribution in [1.29, 1.82) is 0 Å². The Morgan fingerprint density at radius 3 is 2.19 bits per heavy atom. The van der Waals surface area contributed by atoms with E-state index >= 15 is 0 Å². The van der Waals surface area contributed by atoms with Gasteiger partial charge in [-0.05, 0) is 49.1 Å². The summed E-state index contributed by atoms with van der Waals surface area (Å²) >= 11 is 0. The van der Waals surface area contributed by atoms with Crippen LogP contribution in [0, 0.1) is 11.6 Å². The van der Waals surface area contributed by atoms with Gasteiger partial charge in [-0.25, -0.2) is 13.7 Å². The molecule has 2 aromatic rings. The van der Waals surface area contributed by atoms with Crippen LogP contribution in [0.4, 0.5) is 14.5 Å². The van der Waals surface area contributed by atoms with Gasteiger partial charge < -0.3 is 14.4 Å². The molecule has 4 rings (SSSR count). The van der Waals surface area contributed by atoms with Gasteiger partial charge in [0.25, 0.3) is 11.8 Å². The van der Waals surface area contributed by atoms with E-state index in [-0.39, 0.29) is 17.0 Å². The number of nitrogens with zero attached hydrogens (tertiary/aromatic N) is 2. The summed E-state index contributed by atoms with van der Waals surface area (Å²) in [6.45, 7) is 1.23. The van der Waals surface area contributed by atoms with Gasteiger partial charge in [-0.1, -0.05) is 6.07 Å². The van der Waals surface area contributed by atoms with Crippen molar-refractivity contribution < 1.29 is 27.8 Å². The molecule has 0 bridgehead atoms. The molecular formula is C23H22F2N2O4. The van der Waals surface area contributed by atoms with E-state index in [9.17, 15) is 18.4 Å². The fourth-order valence-corrected chi connectivity index (χ4v) is 4.06. The average Bonchev–Trinajstić information content (AvgIpc) is 3.04. The van der Waals surface area contributed by atoms with Gasteiger partial charge >= 0.3 is 0 Å². The third-order valence-electron chi connectivity index (χ3n) is 5.55.